The van der Waals surface area contributed by atoms with Crippen molar-refractivity contribution in [2.45, 2.75) is 18.9 Å². The highest BCUT2D eigenvalue weighted by Crippen LogP contribution is 2.21. The minimum atomic E-state index is -0.147. The van der Waals surface area contributed by atoms with Crippen molar-refractivity contribution < 1.29 is 9.90 Å². The van der Waals surface area contributed by atoms with Gasteiger partial charge in [0.2, 0.25) is 5.91 Å². The summed E-state index contributed by atoms with van der Waals surface area (Å²) in [6.45, 7) is 1.16. The minimum absolute atomic E-state index is 0.0744. The van der Waals surface area contributed by atoms with Gasteiger partial charge in [-0.05, 0) is 37.6 Å². The summed E-state index contributed by atoms with van der Waals surface area (Å²) in [6.07, 6.45) is 1.92. The second-order valence-corrected chi connectivity index (χ2v) is 5.21. The fraction of sp³-hybridized carbons (Fsp3) is 0.429. The Kier molecular flexibility index (Phi) is 4.96. The van der Waals surface area contributed by atoms with Crippen LogP contribution in [0.15, 0.2) is 18.2 Å². The lowest BCUT2D eigenvalue weighted by Crippen LogP contribution is -2.38. The molecule has 20 heavy (non-hydrogen) atoms. The number of carbonyl (C=O) groups excluding carboxylic acids is 1. The maximum Gasteiger partial charge on any atom is 0.238 e. The number of nitriles is 1. The molecule has 0 spiro atoms. The number of nitrogens with zero attached hydrogens (tertiary/aromatic N) is 2. The van der Waals surface area contributed by atoms with Crippen LogP contribution < -0.4 is 5.32 Å². The Morgan fingerprint density at radius 3 is 3.05 bits per heavy atom. The van der Waals surface area contributed by atoms with Gasteiger partial charge in [-0.25, -0.2) is 0 Å². The zero-order chi connectivity index (χ0) is 14.5. The lowest BCUT2D eigenvalue weighted by molar-refractivity contribution is -0.117. The molecule has 1 aliphatic heterocycles. The van der Waals surface area contributed by atoms with E-state index in [1.165, 1.54) is 0 Å². The van der Waals surface area contributed by atoms with Crippen LogP contribution in [0.1, 0.15) is 18.4 Å². The first kappa shape index (κ1) is 14.8. The van der Waals surface area contributed by atoms with E-state index in [0.29, 0.717) is 16.3 Å². The number of halogens is 1. The standard InChI is InChI=1S/C14H16ClN3O2/c15-13-6-11(4-3-10(13)7-16)17-14(20)8-18-5-1-2-12(18)9-19/h3-4,6,12,19H,1-2,5,8-9H2,(H,17,20)/t12-/m0/s1. The van der Waals surface area contributed by atoms with Crippen LogP contribution in [-0.4, -0.2) is 41.7 Å². The van der Waals surface area contributed by atoms with Gasteiger partial charge in [0, 0.05) is 11.7 Å². The highest BCUT2D eigenvalue weighted by Gasteiger charge is 2.25. The minimum Gasteiger partial charge on any atom is -0.395 e. The predicted molar refractivity (Wildman–Crippen MR) is 76.5 cm³/mol. The molecule has 106 valence electrons. The number of benzene rings is 1. The monoisotopic (exact) mass is 293 g/mol. The summed E-state index contributed by atoms with van der Waals surface area (Å²) in [5, 5.41) is 21.1. The van der Waals surface area contributed by atoms with Crippen LogP contribution in [0.4, 0.5) is 5.69 Å². The van der Waals surface area contributed by atoms with Crippen LogP contribution >= 0.6 is 11.6 Å². The highest BCUT2D eigenvalue weighted by atomic mass is 35.5. The number of amides is 1. The van der Waals surface area contributed by atoms with E-state index in [1.54, 1.807) is 18.2 Å². The Morgan fingerprint density at radius 1 is 1.60 bits per heavy atom. The van der Waals surface area contributed by atoms with Crippen molar-refractivity contribution in [1.29, 1.82) is 5.26 Å². The molecule has 1 amide bonds. The van der Waals surface area contributed by atoms with Gasteiger partial charge in [-0.15, -0.1) is 0 Å². The summed E-state index contributed by atoms with van der Waals surface area (Å²) in [7, 11) is 0. The van der Waals surface area contributed by atoms with E-state index in [1.807, 2.05) is 11.0 Å². The first-order valence-corrected chi connectivity index (χ1v) is 6.86. The average molecular weight is 294 g/mol. The van der Waals surface area contributed by atoms with E-state index in [9.17, 15) is 9.90 Å². The number of aliphatic hydroxyl groups excluding tert-OH is 1. The van der Waals surface area contributed by atoms with Crippen molar-refractivity contribution in [3.05, 3.63) is 28.8 Å². The van der Waals surface area contributed by atoms with Crippen molar-refractivity contribution in [3.63, 3.8) is 0 Å². The van der Waals surface area contributed by atoms with Gasteiger partial charge in [0.05, 0.1) is 23.7 Å². The molecule has 1 saturated heterocycles. The van der Waals surface area contributed by atoms with Crippen LogP contribution in [-0.2, 0) is 4.79 Å². The molecule has 0 unspecified atom stereocenters. The fourth-order valence-corrected chi connectivity index (χ4v) is 2.60. The molecule has 1 atom stereocenters. The maximum atomic E-state index is 12.0. The zero-order valence-corrected chi connectivity index (χ0v) is 11.7. The summed E-state index contributed by atoms with van der Waals surface area (Å²) in [4.78, 5) is 13.9. The summed E-state index contributed by atoms with van der Waals surface area (Å²) < 4.78 is 0. The van der Waals surface area contributed by atoms with E-state index in [-0.39, 0.29) is 25.1 Å². The van der Waals surface area contributed by atoms with Gasteiger partial charge in [-0.2, -0.15) is 5.26 Å². The SMILES string of the molecule is N#Cc1ccc(NC(=O)CN2CCC[C@H]2CO)cc1Cl. The van der Waals surface area contributed by atoms with E-state index in [4.69, 9.17) is 16.9 Å². The summed E-state index contributed by atoms with van der Waals surface area (Å²) in [5.41, 5.74) is 0.947. The van der Waals surface area contributed by atoms with Crippen LogP contribution in [0.25, 0.3) is 0 Å². The van der Waals surface area contributed by atoms with Gasteiger partial charge in [-0.1, -0.05) is 11.6 Å². The number of rotatable bonds is 4. The molecule has 0 aliphatic carbocycles. The molecule has 1 aromatic carbocycles. The van der Waals surface area contributed by atoms with Gasteiger partial charge in [0.25, 0.3) is 0 Å². The van der Waals surface area contributed by atoms with E-state index in [2.05, 4.69) is 5.32 Å². The summed E-state index contributed by atoms with van der Waals surface area (Å²) in [6, 6.07) is 6.83. The zero-order valence-electron chi connectivity index (χ0n) is 11.0. The molecule has 0 radical (unpaired) electrons. The van der Waals surface area contributed by atoms with Crippen LogP contribution in [0, 0.1) is 11.3 Å². The molecule has 1 aromatic rings. The van der Waals surface area contributed by atoms with Crippen LogP contribution in [0.3, 0.4) is 0 Å². The molecular weight excluding hydrogens is 278 g/mol. The Morgan fingerprint density at radius 2 is 2.40 bits per heavy atom. The molecule has 5 nitrogen and oxygen atoms in total. The molecule has 1 aliphatic rings. The first-order valence-electron chi connectivity index (χ1n) is 6.48. The Bertz CT molecular complexity index is 542. The molecule has 0 saturated carbocycles. The number of nitrogens with one attached hydrogen (secondary N) is 1. The van der Waals surface area contributed by atoms with Crippen LogP contribution in [0.2, 0.25) is 5.02 Å². The van der Waals surface area contributed by atoms with Gasteiger partial charge in [0.1, 0.15) is 6.07 Å². The Labute approximate surface area is 122 Å². The summed E-state index contributed by atoms with van der Waals surface area (Å²) >= 11 is 5.91. The number of hydrogen-bond donors (Lipinski definition) is 2. The molecule has 0 aromatic heterocycles. The van der Waals surface area contributed by atoms with Crippen molar-refractivity contribution in [2.24, 2.45) is 0 Å². The van der Waals surface area contributed by atoms with Gasteiger partial charge >= 0.3 is 0 Å². The van der Waals surface area contributed by atoms with E-state index >= 15 is 0 Å². The molecule has 1 fully saturated rings. The van der Waals surface area contributed by atoms with Crippen molar-refractivity contribution in [2.75, 3.05) is 25.0 Å². The van der Waals surface area contributed by atoms with Crippen molar-refractivity contribution in [1.82, 2.24) is 4.90 Å². The molecule has 2 N–H and O–H groups in total. The van der Waals surface area contributed by atoms with E-state index < -0.39 is 0 Å². The molecule has 0 bridgehead atoms. The normalized spacial score (nSPS) is 18.8. The highest BCUT2D eigenvalue weighted by molar-refractivity contribution is 6.32. The Balaban J connectivity index is 1.95. The van der Waals surface area contributed by atoms with Crippen LogP contribution in [0.5, 0.6) is 0 Å². The van der Waals surface area contributed by atoms with Gasteiger partial charge in [0.15, 0.2) is 0 Å². The summed E-state index contributed by atoms with van der Waals surface area (Å²) in [5.74, 6) is -0.147. The average Bonchev–Trinajstić information content (AvgIpc) is 2.86. The third-order valence-corrected chi connectivity index (χ3v) is 3.74. The number of hydrogen-bond acceptors (Lipinski definition) is 4. The second kappa shape index (κ2) is 6.71. The quantitative estimate of drug-likeness (QED) is 0.884. The third-order valence-electron chi connectivity index (χ3n) is 3.43. The van der Waals surface area contributed by atoms with E-state index in [0.717, 1.165) is 19.4 Å². The first-order chi connectivity index (χ1) is 9.63. The number of carbonyl (C=O) groups is 1. The van der Waals surface area contributed by atoms with Crippen molar-refractivity contribution in [3.8, 4) is 6.07 Å². The molecule has 2 rings (SSSR count). The maximum absolute atomic E-state index is 12.0. The third kappa shape index (κ3) is 3.48. The van der Waals surface area contributed by atoms with Gasteiger partial charge < -0.3 is 10.4 Å². The number of likely N-dealkylation sites (tertiary alicyclic amines) is 1. The van der Waals surface area contributed by atoms with Crippen molar-refractivity contribution >= 4 is 23.2 Å². The number of aliphatic hydroxyl groups is 1. The Hall–Kier alpha value is -1.61. The fourth-order valence-electron chi connectivity index (χ4n) is 2.38. The molecule has 6 heteroatoms. The largest absolute Gasteiger partial charge is 0.395 e. The molecule has 1 heterocycles. The predicted octanol–water partition coefficient (Wildman–Crippen LogP) is 1.61. The second-order valence-electron chi connectivity index (χ2n) is 4.80. The topological polar surface area (TPSA) is 76.4 Å². The van der Waals surface area contributed by atoms with Gasteiger partial charge in [-0.3, -0.25) is 9.69 Å². The molecular formula is C14H16ClN3O2. The lowest BCUT2D eigenvalue weighted by Gasteiger charge is -2.21. The smallest absolute Gasteiger partial charge is 0.238 e. The lowest BCUT2D eigenvalue weighted by atomic mass is 10.2. The number of anilines is 1.